The van der Waals surface area contributed by atoms with Crippen molar-refractivity contribution in [3.8, 4) is 5.75 Å². The summed E-state index contributed by atoms with van der Waals surface area (Å²) >= 11 is 6.34. The Hall–Kier alpha value is -1.60. The van der Waals surface area contributed by atoms with Crippen LogP contribution in [0.2, 0.25) is 0 Å². The van der Waals surface area contributed by atoms with Crippen molar-refractivity contribution in [2.45, 2.75) is 13.8 Å². The van der Waals surface area contributed by atoms with E-state index in [-0.39, 0.29) is 11.7 Å². The third-order valence-corrected chi connectivity index (χ3v) is 3.94. The summed E-state index contributed by atoms with van der Waals surface area (Å²) in [5.41, 5.74) is 3.59. The van der Waals surface area contributed by atoms with E-state index in [1.165, 1.54) is 18.3 Å². The van der Waals surface area contributed by atoms with Crippen molar-refractivity contribution < 1.29 is 14.3 Å². The molecule has 0 saturated heterocycles. The number of rotatable bonds is 3. The second-order valence-corrected chi connectivity index (χ2v) is 6.06. The molecule has 0 aliphatic heterocycles. The van der Waals surface area contributed by atoms with Gasteiger partial charge in [-0.05, 0) is 63.9 Å². The Morgan fingerprint density at radius 3 is 2.43 bits per heavy atom. The molecule has 0 atom stereocenters. The molecule has 1 heterocycles. The van der Waals surface area contributed by atoms with E-state index in [0.717, 1.165) is 17.1 Å². The fourth-order valence-corrected chi connectivity index (χ4v) is 2.89. The minimum absolute atomic E-state index is 0.0412. The predicted octanol–water partition coefficient (Wildman–Crippen LogP) is 3.89. The number of furan rings is 1. The van der Waals surface area contributed by atoms with E-state index < -0.39 is 0 Å². The van der Waals surface area contributed by atoms with E-state index in [1.807, 2.05) is 19.9 Å². The van der Waals surface area contributed by atoms with Crippen molar-refractivity contribution in [1.29, 1.82) is 0 Å². The fraction of sp³-hybridized carbons (Fsp3) is 0.143. The van der Waals surface area contributed by atoms with Gasteiger partial charge in [0, 0.05) is 11.1 Å². The summed E-state index contributed by atoms with van der Waals surface area (Å²) in [5.74, 6) is 1.18. The molecule has 5 nitrogen and oxygen atoms in total. The van der Waals surface area contributed by atoms with Gasteiger partial charge in [0.15, 0.2) is 0 Å². The number of carbonyl (C=O) groups excluding carboxylic acids is 1. The average Bonchev–Trinajstić information content (AvgIpc) is 2.73. The third kappa shape index (κ3) is 3.74. The molecular weight excluding hydrogens is 404 g/mol. The lowest BCUT2D eigenvalue weighted by Crippen LogP contribution is -2.17. The van der Waals surface area contributed by atoms with Gasteiger partial charge < -0.3 is 9.52 Å². The first-order valence-electron chi connectivity index (χ1n) is 5.97. The highest BCUT2D eigenvalue weighted by molar-refractivity contribution is 9.11. The summed E-state index contributed by atoms with van der Waals surface area (Å²) in [6.45, 7) is 3.67. The predicted molar refractivity (Wildman–Crippen MR) is 86.7 cm³/mol. The summed E-state index contributed by atoms with van der Waals surface area (Å²) < 4.78 is 6.20. The minimum Gasteiger partial charge on any atom is -0.506 e. The van der Waals surface area contributed by atoms with Gasteiger partial charge in [0.1, 0.15) is 17.3 Å². The summed E-state index contributed by atoms with van der Waals surface area (Å²) in [6, 6.07) is 4.86. The molecule has 1 aromatic heterocycles. The van der Waals surface area contributed by atoms with Crippen LogP contribution in [0.5, 0.6) is 5.75 Å². The summed E-state index contributed by atoms with van der Waals surface area (Å²) in [7, 11) is 0. The van der Waals surface area contributed by atoms with Crippen molar-refractivity contribution in [1.82, 2.24) is 5.43 Å². The number of amides is 1. The van der Waals surface area contributed by atoms with Crippen LogP contribution in [0.4, 0.5) is 0 Å². The maximum Gasteiger partial charge on any atom is 0.271 e. The Labute approximate surface area is 138 Å². The van der Waals surface area contributed by atoms with Gasteiger partial charge in [-0.15, -0.1) is 0 Å². The van der Waals surface area contributed by atoms with Gasteiger partial charge in [-0.2, -0.15) is 5.10 Å². The first-order chi connectivity index (χ1) is 9.88. The number of aromatic hydroxyl groups is 1. The van der Waals surface area contributed by atoms with E-state index in [0.29, 0.717) is 14.5 Å². The van der Waals surface area contributed by atoms with Gasteiger partial charge >= 0.3 is 0 Å². The van der Waals surface area contributed by atoms with Gasteiger partial charge in [0.05, 0.1) is 15.2 Å². The van der Waals surface area contributed by atoms with Gasteiger partial charge in [-0.1, -0.05) is 0 Å². The number of halogens is 2. The molecule has 110 valence electrons. The smallest absolute Gasteiger partial charge is 0.271 e. The molecule has 1 aromatic carbocycles. The first-order valence-corrected chi connectivity index (χ1v) is 7.55. The normalized spacial score (nSPS) is 11.0. The van der Waals surface area contributed by atoms with Crippen LogP contribution in [-0.2, 0) is 0 Å². The Morgan fingerprint density at radius 1 is 1.29 bits per heavy atom. The standard InChI is InChI=1S/C14H12Br2N2O3/c1-7-3-10(8(2)21-7)6-17-18-14(20)9-4-11(15)13(19)12(16)5-9/h3-6,19H,1-2H3,(H,18,20)/b17-6+. The van der Waals surface area contributed by atoms with E-state index in [2.05, 4.69) is 42.4 Å². The number of carbonyl (C=O) groups is 1. The Bertz CT molecular complexity index is 700. The van der Waals surface area contributed by atoms with Gasteiger partial charge in [-0.25, -0.2) is 5.43 Å². The zero-order valence-electron chi connectivity index (χ0n) is 11.3. The minimum atomic E-state index is -0.384. The molecule has 2 aromatic rings. The highest BCUT2D eigenvalue weighted by Crippen LogP contribution is 2.33. The molecule has 7 heteroatoms. The van der Waals surface area contributed by atoms with Crippen LogP contribution >= 0.6 is 31.9 Å². The molecule has 0 spiro atoms. The quantitative estimate of drug-likeness (QED) is 0.589. The molecule has 0 saturated carbocycles. The molecule has 1 amide bonds. The maximum absolute atomic E-state index is 12.0. The summed E-state index contributed by atoms with van der Waals surface area (Å²) in [4.78, 5) is 12.0. The monoisotopic (exact) mass is 414 g/mol. The Morgan fingerprint density at radius 2 is 1.90 bits per heavy atom. The fourth-order valence-electron chi connectivity index (χ4n) is 1.70. The maximum atomic E-state index is 12.0. The van der Waals surface area contributed by atoms with E-state index in [1.54, 1.807) is 0 Å². The second-order valence-electron chi connectivity index (χ2n) is 4.36. The number of hydrogen-bond acceptors (Lipinski definition) is 4. The number of aryl methyl sites for hydroxylation is 2. The van der Waals surface area contributed by atoms with Crippen molar-refractivity contribution in [2.24, 2.45) is 5.10 Å². The third-order valence-electron chi connectivity index (χ3n) is 2.73. The first kappa shape index (κ1) is 15.8. The highest BCUT2D eigenvalue weighted by atomic mass is 79.9. The molecule has 2 rings (SSSR count). The SMILES string of the molecule is Cc1cc(/C=N/NC(=O)c2cc(Br)c(O)c(Br)c2)c(C)o1. The van der Waals surface area contributed by atoms with Crippen molar-refractivity contribution in [3.05, 3.63) is 49.8 Å². The molecule has 0 aliphatic rings. The molecule has 21 heavy (non-hydrogen) atoms. The molecule has 0 radical (unpaired) electrons. The zero-order chi connectivity index (χ0) is 15.6. The average molecular weight is 416 g/mol. The molecular formula is C14H12Br2N2O3. The van der Waals surface area contributed by atoms with Gasteiger partial charge in [-0.3, -0.25) is 4.79 Å². The van der Waals surface area contributed by atoms with E-state index in [4.69, 9.17) is 4.42 Å². The van der Waals surface area contributed by atoms with E-state index >= 15 is 0 Å². The summed E-state index contributed by atoms with van der Waals surface area (Å²) in [5, 5.41) is 13.5. The molecule has 2 N–H and O–H groups in total. The lowest BCUT2D eigenvalue weighted by Gasteiger charge is -2.04. The zero-order valence-corrected chi connectivity index (χ0v) is 14.4. The van der Waals surface area contributed by atoms with Crippen LogP contribution in [0.1, 0.15) is 27.4 Å². The lowest BCUT2D eigenvalue weighted by molar-refractivity contribution is 0.0955. The van der Waals surface area contributed by atoms with Crippen molar-refractivity contribution in [3.63, 3.8) is 0 Å². The van der Waals surface area contributed by atoms with Crippen molar-refractivity contribution in [2.75, 3.05) is 0 Å². The number of hydrogen-bond donors (Lipinski definition) is 2. The number of benzene rings is 1. The van der Waals surface area contributed by atoms with Crippen LogP contribution in [0.25, 0.3) is 0 Å². The van der Waals surface area contributed by atoms with Crippen LogP contribution in [0.15, 0.2) is 36.7 Å². The molecule has 0 bridgehead atoms. The largest absolute Gasteiger partial charge is 0.506 e. The molecule has 0 aliphatic carbocycles. The van der Waals surface area contributed by atoms with Gasteiger partial charge in [0.25, 0.3) is 5.91 Å². The lowest BCUT2D eigenvalue weighted by atomic mass is 10.2. The van der Waals surface area contributed by atoms with Crippen LogP contribution in [-0.4, -0.2) is 17.2 Å². The topological polar surface area (TPSA) is 74.8 Å². The number of phenols is 1. The van der Waals surface area contributed by atoms with Crippen LogP contribution in [0.3, 0.4) is 0 Å². The number of hydrazone groups is 1. The van der Waals surface area contributed by atoms with Gasteiger partial charge in [0.2, 0.25) is 0 Å². The number of phenolic OH excluding ortho intramolecular Hbond substituents is 1. The number of nitrogens with zero attached hydrogens (tertiary/aromatic N) is 1. The van der Waals surface area contributed by atoms with Crippen LogP contribution in [0, 0.1) is 13.8 Å². The van der Waals surface area contributed by atoms with Crippen molar-refractivity contribution >= 4 is 44.0 Å². The molecule has 0 unspecified atom stereocenters. The number of nitrogens with one attached hydrogen (secondary N) is 1. The summed E-state index contributed by atoms with van der Waals surface area (Å²) in [6.07, 6.45) is 1.52. The van der Waals surface area contributed by atoms with E-state index in [9.17, 15) is 9.90 Å². The second kappa shape index (κ2) is 6.44. The van der Waals surface area contributed by atoms with Crippen LogP contribution < -0.4 is 5.43 Å². The Kier molecular flexibility index (Phi) is 4.84. The Balaban J connectivity index is 2.10. The molecule has 0 fully saturated rings. The highest BCUT2D eigenvalue weighted by Gasteiger charge is 2.11.